The van der Waals surface area contributed by atoms with Gasteiger partial charge in [-0.15, -0.1) is 0 Å². The summed E-state index contributed by atoms with van der Waals surface area (Å²) in [5.74, 6) is -0.653. The van der Waals surface area contributed by atoms with Crippen molar-refractivity contribution in [3.8, 4) is 0 Å². The Morgan fingerprint density at radius 3 is 2.47 bits per heavy atom. The Morgan fingerprint density at radius 1 is 1.16 bits per heavy atom. The molecule has 0 N–H and O–H groups in total. The van der Waals surface area contributed by atoms with Crippen LogP contribution in [-0.2, 0) is 5.41 Å². The Hall–Kier alpha value is -2.03. The summed E-state index contributed by atoms with van der Waals surface area (Å²) in [7, 11) is 0. The van der Waals surface area contributed by atoms with E-state index in [1.165, 1.54) is 12.3 Å². The number of aromatic nitrogens is 1. The molecule has 1 aromatic carbocycles. The quantitative estimate of drug-likeness (QED) is 0.785. The van der Waals surface area contributed by atoms with Gasteiger partial charge in [-0.3, -0.25) is 9.78 Å². The van der Waals surface area contributed by atoms with E-state index in [9.17, 15) is 9.18 Å². The molecule has 1 aliphatic rings. The van der Waals surface area contributed by atoms with Crippen LogP contribution < -0.4 is 0 Å². The second-order valence-electron chi connectivity index (χ2n) is 4.99. The van der Waals surface area contributed by atoms with E-state index >= 15 is 0 Å². The van der Waals surface area contributed by atoms with E-state index in [1.807, 2.05) is 30.3 Å². The summed E-state index contributed by atoms with van der Waals surface area (Å²) in [5, 5.41) is 0. The van der Waals surface area contributed by atoms with E-state index in [1.54, 1.807) is 0 Å². The maximum Gasteiger partial charge on any atom is 0.176 e. The van der Waals surface area contributed by atoms with Crippen LogP contribution in [0.25, 0.3) is 0 Å². The number of carbonyl (C=O) groups is 1. The van der Waals surface area contributed by atoms with Gasteiger partial charge in [0.1, 0.15) is 0 Å². The molecule has 19 heavy (non-hydrogen) atoms. The van der Waals surface area contributed by atoms with Crippen LogP contribution in [0.2, 0.25) is 0 Å². The third kappa shape index (κ3) is 1.86. The summed E-state index contributed by atoms with van der Waals surface area (Å²) in [6.45, 7) is 0. The number of halogens is 1. The molecule has 2 aromatic rings. The number of rotatable bonds is 3. The normalized spacial score (nSPS) is 16.7. The first kappa shape index (κ1) is 12.0. The van der Waals surface area contributed by atoms with Crippen molar-refractivity contribution < 1.29 is 9.18 Å². The average Bonchev–Trinajstić information content (AvgIpc) is 2.39. The van der Waals surface area contributed by atoms with Gasteiger partial charge in [-0.2, -0.15) is 0 Å². The number of Topliss-reactive ketones (excluding diaryl/α,β-unsaturated/α-hetero) is 1. The molecule has 1 aromatic heterocycles. The largest absolute Gasteiger partial charge is 0.293 e. The molecule has 0 aliphatic heterocycles. The Balaban J connectivity index is 2.04. The molecule has 0 radical (unpaired) electrons. The van der Waals surface area contributed by atoms with Gasteiger partial charge in [-0.05, 0) is 24.5 Å². The standard InChI is InChI=1S/C16H14FNO/c17-14-11-18-10-7-13(14)15(19)16(8-4-9-16)12-5-2-1-3-6-12/h1-3,5-7,10-11H,4,8-9H2. The SMILES string of the molecule is O=C(c1ccncc1F)C1(c2ccccc2)CCC1. The van der Waals surface area contributed by atoms with Crippen LogP contribution in [0.5, 0.6) is 0 Å². The zero-order chi connectivity index (χ0) is 13.3. The third-order valence-corrected chi connectivity index (χ3v) is 3.99. The van der Waals surface area contributed by atoms with Gasteiger partial charge < -0.3 is 0 Å². The molecule has 0 bridgehead atoms. The smallest absolute Gasteiger partial charge is 0.176 e. The van der Waals surface area contributed by atoms with Gasteiger partial charge in [-0.25, -0.2) is 4.39 Å². The fourth-order valence-electron chi connectivity index (χ4n) is 2.75. The Kier molecular flexibility index (Phi) is 2.90. The molecule has 3 heteroatoms. The topological polar surface area (TPSA) is 30.0 Å². The van der Waals surface area contributed by atoms with Gasteiger partial charge in [0.25, 0.3) is 0 Å². The molecule has 0 spiro atoms. The molecule has 1 aliphatic carbocycles. The highest BCUT2D eigenvalue weighted by Crippen LogP contribution is 2.46. The molecule has 1 fully saturated rings. The molecule has 96 valence electrons. The highest BCUT2D eigenvalue weighted by atomic mass is 19.1. The summed E-state index contributed by atoms with van der Waals surface area (Å²) >= 11 is 0. The first-order valence-electron chi connectivity index (χ1n) is 6.44. The molecule has 1 heterocycles. The number of benzene rings is 1. The Morgan fingerprint density at radius 2 is 1.89 bits per heavy atom. The fourth-order valence-corrected chi connectivity index (χ4v) is 2.75. The maximum atomic E-state index is 13.8. The maximum absolute atomic E-state index is 13.8. The van der Waals surface area contributed by atoms with Crippen LogP contribution in [-0.4, -0.2) is 10.8 Å². The van der Waals surface area contributed by atoms with E-state index in [4.69, 9.17) is 0 Å². The highest BCUT2D eigenvalue weighted by molar-refractivity contribution is 6.04. The van der Waals surface area contributed by atoms with Crippen molar-refractivity contribution in [1.29, 1.82) is 0 Å². The lowest BCUT2D eigenvalue weighted by atomic mass is 9.61. The first-order valence-corrected chi connectivity index (χ1v) is 6.44. The van der Waals surface area contributed by atoms with Crippen LogP contribution in [0.15, 0.2) is 48.8 Å². The van der Waals surface area contributed by atoms with Crippen molar-refractivity contribution in [3.63, 3.8) is 0 Å². The number of hydrogen-bond donors (Lipinski definition) is 0. The lowest BCUT2D eigenvalue weighted by molar-refractivity contribution is 0.0784. The van der Waals surface area contributed by atoms with E-state index in [-0.39, 0.29) is 11.3 Å². The van der Waals surface area contributed by atoms with Crippen LogP contribution in [0.1, 0.15) is 35.2 Å². The van der Waals surface area contributed by atoms with Crippen LogP contribution >= 0.6 is 0 Å². The molecule has 0 amide bonds. The van der Waals surface area contributed by atoms with E-state index in [0.29, 0.717) is 0 Å². The first-order chi connectivity index (χ1) is 9.24. The van der Waals surface area contributed by atoms with Gasteiger partial charge in [0, 0.05) is 6.20 Å². The summed E-state index contributed by atoms with van der Waals surface area (Å²) in [6.07, 6.45) is 5.15. The van der Waals surface area contributed by atoms with E-state index in [2.05, 4.69) is 4.98 Å². The molecule has 3 rings (SSSR count). The van der Waals surface area contributed by atoms with Gasteiger partial charge in [-0.1, -0.05) is 36.8 Å². The fraction of sp³-hybridized carbons (Fsp3) is 0.250. The van der Waals surface area contributed by atoms with Gasteiger partial charge in [0.15, 0.2) is 11.6 Å². The third-order valence-electron chi connectivity index (χ3n) is 3.99. The second-order valence-corrected chi connectivity index (χ2v) is 4.99. The molecule has 1 saturated carbocycles. The van der Waals surface area contributed by atoms with E-state index < -0.39 is 11.2 Å². The average molecular weight is 255 g/mol. The minimum absolute atomic E-state index is 0.121. The van der Waals surface area contributed by atoms with Gasteiger partial charge in [0.05, 0.1) is 17.2 Å². The zero-order valence-electron chi connectivity index (χ0n) is 10.5. The van der Waals surface area contributed by atoms with Crippen LogP contribution in [0.3, 0.4) is 0 Å². The Bertz CT molecular complexity index is 605. The van der Waals surface area contributed by atoms with Crippen LogP contribution in [0, 0.1) is 5.82 Å². The molecule has 0 saturated heterocycles. The number of carbonyl (C=O) groups excluding carboxylic acids is 1. The number of ketones is 1. The van der Waals surface area contributed by atoms with Crippen molar-refractivity contribution >= 4 is 5.78 Å². The number of pyridine rings is 1. The Labute approximate surface area is 111 Å². The minimum atomic E-state index is -0.538. The van der Waals surface area contributed by atoms with Crippen molar-refractivity contribution in [2.45, 2.75) is 24.7 Å². The minimum Gasteiger partial charge on any atom is -0.293 e. The number of hydrogen-bond acceptors (Lipinski definition) is 2. The molecule has 2 nitrogen and oxygen atoms in total. The van der Waals surface area contributed by atoms with Crippen molar-refractivity contribution in [1.82, 2.24) is 4.98 Å². The second kappa shape index (κ2) is 4.57. The van der Waals surface area contributed by atoms with Crippen molar-refractivity contribution in [2.24, 2.45) is 0 Å². The summed E-state index contributed by atoms with van der Waals surface area (Å²) in [6, 6.07) is 11.2. The molecular weight excluding hydrogens is 241 g/mol. The molecule has 0 atom stereocenters. The predicted octanol–water partition coefficient (Wildman–Crippen LogP) is 3.53. The van der Waals surface area contributed by atoms with Crippen molar-refractivity contribution in [2.75, 3.05) is 0 Å². The summed E-state index contributed by atoms with van der Waals surface area (Å²) < 4.78 is 13.8. The monoisotopic (exact) mass is 255 g/mol. The summed E-state index contributed by atoms with van der Waals surface area (Å²) in [5.41, 5.74) is 0.602. The van der Waals surface area contributed by atoms with Crippen molar-refractivity contribution in [3.05, 3.63) is 65.7 Å². The van der Waals surface area contributed by atoms with Gasteiger partial charge in [0.2, 0.25) is 0 Å². The highest BCUT2D eigenvalue weighted by Gasteiger charge is 2.46. The predicted molar refractivity (Wildman–Crippen MR) is 70.5 cm³/mol. The summed E-state index contributed by atoms with van der Waals surface area (Å²) in [4.78, 5) is 16.4. The number of nitrogens with zero attached hydrogens (tertiary/aromatic N) is 1. The molecular formula is C16H14FNO. The zero-order valence-corrected chi connectivity index (χ0v) is 10.5. The van der Waals surface area contributed by atoms with Gasteiger partial charge >= 0.3 is 0 Å². The lowest BCUT2D eigenvalue weighted by Crippen LogP contribution is -2.42. The van der Waals surface area contributed by atoms with E-state index in [0.717, 1.165) is 31.0 Å². The van der Waals surface area contributed by atoms with Crippen LogP contribution in [0.4, 0.5) is 4.39 Å². The lowest BCUT2D eigenvalue weighted by Gasteiger charge is -2.41. The molecule has 0 unspecified atom stereocenters.